The molecular weight excluding hydrogens is 239 g/mol. The van der Waals surface area contributed by atoms with Gasteiger partial charge in [0.05, 0.1) is 9.90 Å². The third kappa shape index (κ3) is 1.51. The van der Waals surface area contributed by atoms with Crippen molar-refractivity contribution in [2.24, 2.45) is 0 Å². The van der Waals surface area contributed by atoms with Gasteiger partial charge in [-0.15, -0.1) is 0 Å². The van der Waals surface area contributed by atoms with Crippen molar-refractivity contribution < 1.29 is 0 Å². The molecule has 0 spiro atoms. The van der Waals surface area contributed by atoms with Crippen molar-refractivity contribution in [2.45, 2.75) is 26.8 Å². The highest BCUT2D eigenvalue weighted by atomic mass is 127. The summed E-state index contributed by atoms with van der Waals surface area (Å²) in [5, 5.41) is 0. The molecule has 0 aliphatic carbocycles. The zero-order valence-corrected chi connectivity index (χ0v) is 8.42. The van der Waals surface area contributed by atoms with Gasteiger partial charge in [-0.3, -0.25) is 0 Å². The number of aromatic nitrogens is 2. The Balaban J connectivity index is 2.87. The number of imidazole rings is 1. The van der Waals surface area contributed by atoms with Crippen LogP contribution in [0, 0.1) is 10.6 Å². The highest BCUT2D eigenvalue weighted by Gasteiger charge is 2.00. The molecule has 0 aliphatic heterocycles. The lowest BCUT2D eigenvalue weighted by Gasteiger charge is -2.02. The maximum absolute atomic E-state index is 4.19. The minimum absolute atomic E-state index is 1.09. The fraction of sp³-hybridized carbons (Fsp3) is 0.571. The van der Waals surface area contributed by atoms with Gasteiger partial charge in [0, 0.05) is 6.54 Å². The lowest BCUT2D eigenvalue weighted by molar-refractivity contribution is 0.645. The van der Waals surface area contributed by atoms with Crippen molar-refractivity contribution in [1.29, 1.82) is 0 Å². The second-order valence-corrected chi connectivity index (χ2v) is 3.39. The van der Waals surface area contributed by atoms with Gasteiger partial charge in [-0.2, -0.15) is 0 Å². The summed E-state index contributed by atoms with van der Waals surface area (Å²) in [5.74, 6) is 1.12. The number of aryl methyl sites for hydroxylation is 1. The van der Waals surface area contributed by atoms with Crippen molar-refractivity contribution in [3.8, 4) is 0 Å². The van der Waals surface area contributed by atoms with Crippen LogP contribution in [0.2, 0.25) is 0 Å². The van der Waals surface area contributed by atoms with E-state index in [-0.39, 0.29) is 0 Å². The fourth-order valence-corrected chi connectivity index (χ4v) is 1.66. The zero-order valence-electron chi connectivity index (χ0n) is 6.26. The average molecular weight is 250 g/mol. The van der Waals surface area contributed by atoms with E-state index in [2.05, 4.69) is 39.1 Å². The van der Waals surface area contributed by atoms with Crippen LogP contribution >= 0.6 is 22.6 Å². The minimum Gasteiger partial charge on any atom is -0.324 e. The van der Waals surface area contributed by atoms with Crippen LogP contribution in [-0.4, -0.2) is 9.55 Å². The molecule has 0 radical (unpaired) electrons. The number of halogens is 1. The van der Waals surface area contributed by atoms with Crippen LogP contribution in [0.25, 0.3) is 0 Å². The van der Waals surface area contributed by atoms with E-state index >= 15 is 0 Å². The second-order valence-electron chi connectivity index (χ2n) is 2.28. The normalized spacial score (nSPS) is 10.3. The maximum Gasteiger partial charge on any atom is 0.106 e. The van der Waals surface area contributed by atoms with E-state index in [1.54, 1.807) is 0 Å². The molecule has 2 nitrogen and oxygen atoms in total. The molecule has 0 N–H and O–H groups in total. The van der Waals surface area contributed by atoms with Crippen LogP contribution in [0.15, 0.2) is 6.20 Å². The molecule has 10 heavy (non-hydrogen) atoms. The first kappa shape index (κ1) is 8.04. The first-order valence-corrected chi connectivity index (χ1v) is 4.51. The number of rotatable bonds is 2. The van der Waals surface area contributed by atoms with Gasteiger partial charge in [0.25, 0.3) is 0 Å². The Hall–Kier alpha value is -0.0600. The van der Waals surface area contributed by atoms with Crippen molar-refractivity contribution in [1.82, 2.24) is 9.55 Å². The van der Waals surface area contributed by atoms with E-state index in [1.807, 2.05) is 13.1 Å². The third-order valence-corrected chi connectivity index (χ3v) is 2.31. The van der Waals surface area contributed by atoms with Gasteiger partial charge in [0.2, 0.25) is 0 Å². The van der Waals surface area contributed by atoms with Gasteiger partial charge in [-0.25, -0.2) is 4.98 Å². The molecule has 1 aromatic rings. The van der Waals surface area contributed by atoms with Crippen LogP contribution in [0.5, 0.6) is 0 Å². The summed E-state index contributed by atoms with van der Waals surface area (Å²) in [6.45, 7) is 5.30. The smallest absolute Gasteiger partial charge is 0.106 e. The first-order chi connectivity index (χ1) is 4.75. The van der Waals surface area contributed by atoms with E-state index in [9.17, 15) is 0 Å². The van der Waals surface area contributed by atoms with Gasteiger partial charge in [-0.05, 0) is 35.9 Å². The van der Waals surface area contributed by atoms with Gasteiger partial charge >= 0.3 is 0 Å². The molecule has 0 bridgehead atoms. The lowest BCUT2D eigenvalue weighted by atomic mass is 10.5. The summed E-state index contributed by atoms with van der Waals surface area (Å²) in [6.07, 6.45) is 3.08. The van der Waals surface area contributed by atoms with E-state index < -0.39 is 0 Å². The van der Waals surface area contributed by atoms with Crippen molar-refractivity contribution in [2.75, 3.05) is 0 Å². The van der Waals surface area contributed by atoms with Gasteiger partial charge in [0.15, 0.2) is 0 Å². The SMILES string of the molecule is CCCn1c(I)cnc1C. The third-order valence-electron chi connectivity index (χ3n) is 1.45. The summed E-state index contributed by atoms with van der Waals surface area (Å²) >= 11 is 2.31. The highest BCUT2D eigenvalue weighted by Crippen LogP contribution is 2.07. The predicted octanol–water partition coefficient (Wildman–Crippen LogP) is 2.21. The Labute approximate surface area is 74.8 Å². The fourth-order valence-electron chi connectivity index (χ4n) is 0.933. The molecule has 0 atom stereocenters. The van der Waals surface area contributed by atoms with Crippen LogP contribution in [0.3, 0.4) is 0 Å². The summed E-state index contributed by atoms with van der Waals surface area (Å²) in [4.78, 5) is 4.19. The Morgan fingerprint density at radius 1 is 1.70 bits per heavy atom. The Kier molecular flexibility index (Phi) is 2.71. The molecule has 0 aliphatic rings. The minimum atomic E-state index is 1.09. The van der Waals surface area contributed by atoms with E-state index in [4.69, 9.17) is 0 Å². The molecule has 1 heterocycles. The van der Waals surface area contributed by atoms with Crippen LogP contribution in [0.4, 0.5) is 0 Å². The van der Waals surface area contributed by atoms with Crippen LogP contribution < -0.4 is 0 Å². The molecule has 0 saturated carbocycles. The van der Waals surface area contributed by atoms with E-state index in [0.29, 0.717) is 0 Å². The van der Waals surface area contributed by atoms with Crippen molar-refractivity contribution >= 4 is 22.6 Å². The number of hydrogen-bond acceptors (Lipinski definition) is 1. The zero-order chi connectivity index (χ0) is 7.56. The summed E-state index contributed by atoms with van der Waals surface area (Å²) < 4.78 is 3.46. The van der Waals surface area contributed by atoms with Crippen molar-refractivity contribution in [3.63, 3.8) is 0 Å². The average Bonchev–Trinajstić information content (AvgIpc) is 2.20. The molecule has 0 amide bonds. The molecule has 1 aromatic heterocycles. The van der Waals surface area contributed by atoms with Crippen molar-refractivity contribution in [3.05, 3.63) is 15.7 Å². The summed E-state index contributed by atoms with van der Waals surface area (Å²) in [7, 11) is 0. The monoisotopic (exact) mass is 250 g/mol. The van der Waals surface area contributed by atoms with Gasteiger partial charge < -0.3 is 4.57 Å². The summed E-state index contributed by atoms with van der Waals surface area (Å²) in [5.41, 5.74) is 0. The lowest BCUT2D eigenvalue weighted by Crippen LogP contribution is -2.00. The van der Waals surface area contributed by atoms with E-state index in [0.717, 1.165) is 12.4 Å². The number of nitrogens with zero attached hydrogens (tertiary/aromatic N) is 2. The van der Waals surface area contributed by atoms with Crippen LogP contribution in [0.1, 0.15) is 19.2 Å². The molecule has 0 saturated heterocycles. The summed E-state index contributed by atoms with van der Waals surface area (Å²) in [6, 6.07) is 0. The molecule has 3 heteroatoms. The highest BCUT2D eigenvalue weighted by molar-refractivity contribution is 14.1. The second kappa shape index (κ2) is 3.37. The van der Waals surface area contributed by atoms with Gasteiger partial charge in [-0.1, -0.05) is 6.92 Å². The molecule has 0 unspecified atom stereocenters. The first-order valence-electron chi connectivity index (χ1n) is 3.43. The molecular formula is C7H11IN2. The number of hydrogen-bond donors (Lipinski definition) is 0. The predicted molar refractivity (Wildman–Crippen MR) is 50.0 cm³/mol. The standard InChI is InChI=1S/C7H11IN2/c1-3-4-10-6(2)9-5-7(10)8/h5H,3-4H2,1-2H3. The quantitative estimate of drug-likeness (QED) is 0.736. The Morgan fingerprint density at radius 2 is 2.40 bits per heavy atom. The Morgan fingerprint density at radius 3 is 2.80 bits per heavy atom. The maximum atomic E-state index is 4.19. The van der Waals surface area contributed by atoms with Crippen LogP contribution in [-0.2, 0) is 6.54 Å². The Bertz CT molecular complexity index is 198. The molecule has 1 rings (SSSR count). The largest absolute Gasteiger partial charge is 0.324 e. The van der Waals surface area contributed by atoms with E-state index in [1.165, 1.54) is 10.1 Å². The molecule has 56 valence electrons. The topological polar surface area (TPSA) is 17.8 Å². The molecule has 0 fully saturated rings. The van der Waals surface area contributed by atoms with Gasteiger partial charge in [0.1, 0.15) is 5.82 Å². The molecule has 0 aromatic carbocycles.